The van der Waals surface area contributed by atoms with E-state index in [1.165, 1.54) is 0 Å². The maximum absolute atomic E-state index is 13.7. The fourth-order valence-electron chi connectivity index (χ4n) is 4.17. The molecule has 0 fully saturated rings. The third kappa shape index (κ3) is 6.14. The molecule has 0 saturated carbocycles. The van der Waals surface area contributed by atoms with Crippen LogP contribution in [-0.2, 0) is 4.79 Å². The summed E-state index contributed by atoms with van der Waals surface area (Å²) >= 11 is 12.2. The molecule has 192 valence electrons. The van der Waals surface area contributed by atoms with Crippen molar-refractivity contribution in [3.05, 3.63) is 98.5 Å². The van der Waals surface area contributed by atoms with E-state index in [1.807, 2.05) is 52.0 Å². The zero-order valence-electron chi connectivity index (χ0n) is 21.2. The standard InChI is InChI=1S/C29H29Cl2N3O3/c1-18(2)16-33(27(35)17-37-24-12-7-21(30)8-13-24)20(4)28-32-26-15-22(31)9-14-25(26)29(36)34(28)23-10-5-19(3)6-11-23/h5-15,18,20H,16-17H2,1-4H3. The van der Waals surface area contributed by atoms with Crippen LogP contribution < -0.4 is 10.3 Å². The molecular weight excluding hydrogens is 509 g/mol. The second-order valence-electron chi connectivity index (χ2n) is 9.47. The van der Waals surface area contributed by atoms with Gasteiger partial charge in [-0.1, -0.05) is 54.7 Å². The Morgan fingerprint density at radius 2 is 1.62 bits per heavy atom. The van der Waals surface area contributed by atoms with Crippen LogP contribution in [0.25, 0.3) is 16.6 Å². The number of hydrogen-bond donors (Lipinski definition) is 0. The molecule has 0 aliphatic carbocycles. The van der Waals surface area contributed by atoms with Gasteiger partial charge in [-0.25, -0.2) is 4.98 Å². The van der Waals surface area contributed by atoms with Gasteiger partial charge in [-0.3, -0.25) is 14.2 Å². The van der Waals surface area contributed by atoms with Crippen molar-refractivity contribution in [2.24, 2.45) is 5.92 Å². The Morgan fingerprint density at radius 3 is 2.27 bits per heavy atom. The summed E-state index contributed by atoms with van der Waals surface area (Å²) < 4.78 is 7.34. The lowest BCUT2D eigenvalue weighted by molar-refractivity contribution is -0.136. The molecule has 0 spiro atoms. The smallest absolute Gasteiger partial charge is 0.266 e. The molecule has 4 aromatic rings. The fourth-order valence-corrected chi connectivity index (χ4v) is 4.46. The summed E-state index contributed by atoms with van der Waals surface area (Å²) in [4.78, 5) is 33.8. The first kappa shape index (κ1) is 26.7. The van der Waals surface area contributed by atoms with Crippen LogP contribution in [-0.4, -0.2) is 33.5 Å². The first-order chi connectivity index (χ1) is 17.6. The minimum atomic E-state index is -0.527. The van der Waals surface area contributed by atoms with Gasteiger partial charge < -0.3 is 9.64 Å². The summed E-state index contributed by atoms with van der Waals surface area (Å²) in [5.74, 6) is 0.956. The molecule has 1 unspecified atom stereocenters. The summed E-state index contributed by atoms with van der Waals surface area (Å²) in [6, 6.07) is 19.0. The Hall–Kier alpha value is -3.35. The van der Waals surface area contributed by atoms with Crippen molar-refractivity contribution in [2.75, 3.05) is 13.2 Å². The molecule has 0 bridgehead atoms. The van der Waals surface area contributed by atoms with Crippen molar-refractivity contribution in [2.45, 2.75) is 33.7 Å². The van der Waals surface area contributed by atoms with Crippen LogP contribution in [0.2, 0.25) is 10.0 Å². The third-order valence-electron chi connectivity index (χ3n) is 6.05. The van der Waals surface area contributed by atoms with Crippen molar-refractivity contribution in [1.82, 2.24) is 14.5 Å². The Morgan fingerprint density at radius 1 is 0.973 bits per heavy atom. The van der Waals surface area contributed by atoms with Crippen molar-refractivity contribution in [3.63, 3.8) is 0 Å². The van der Waals surface area contributed by atoms with Crippen LogP contribution in [0.4, 0.5) is 0 Å². The molecule has 3 aromatic carbocycles. The normalized spacial score (nSPS) is 12.1. The van der Waals surface area contributed by atoms with E-state index in [1.54, 1.807) is 51.9 Å². The molecule has 37 heavy (non-hydrogen) atoms. The minimum Gasteiger partial charge on any atom is -0.484 e. The number of nitrogens with zero attached hydrogens (tertiary/aromatic N) is 3. The van der Waals surface area contributed by atoms with Crippen LogP contribution in [0.1, 0.15) is 38.2 Å². The summed E-state index contributed by atoms with van der Waals surface area (Å²) in [5.41, 5.74) is 2.01. The van der Waals surface area contributed by atoms with E-state index in [4.69, 9.17) is 32.9 Å². The van der Waals surface area contributed by atoms with E-state index in [2.05, 4.69) is 0 Å². The largest absolute Gasteiger partial charge is 0.484 e. The Labute approximate surface area is 226 Å². The zero-order chi connectivity index (χ0) is 26.7. The Balaban J connectivity index is 1.78. The molecule has 0 aliphatic heterocycles. The van der Waals surface area contributed by atoms with Gasteiger partial charge in [0.05, 0.1) is 22.6 Å². The maximum atomic E-state index is 13.7. The highest BCUT2D eigenvalue weighted by molar-refractivity contribution is 6.31. The number of benzene rings is 3. The average molecular weight is 538 g/mol. The molecule has 0 N–H and O–H groups in total. The monoisotopic (exact) mass is 537 g/mol. The van der Waals surface area contributed by atoms with Gasteiger partial charge in [0.25, 0.3) is 11.5 Å². The Bertz CT molecular complexity index is 1470. The summed E-state index contributed by atoms with van der Waals surface area (Å²) in [6.07, 6.45) is 0. The highest BCUT2D eigenvalue weighted by atomic mass is 35.5. The minimum absolute atomic E-state index is 0.160. The van der Waals surface area contributed by atoms with Gasteiger partial charge in [-0.15, -0.1) is 0 Å². The lowest BCUT2D eigenvalue weighted by Gasteiger charge is -2.32. The van der Waals surface area contributed by atoms with E-state index in [-0.39, 0.29) is 24.0 Å². The first-order valence-corrected chi connectivity index (χ1v) is 12.9. The number of aryl methyl sites for hydroxylation is 1. The molecule has 0 saturated heterocycles. The average Bonchev–Trinajstić information content (AvgIpc) is 2.86. The first-order valence-electron chi connectivity index (χ1n) is 12.1. The van der Waals surface area contributed by atoms with Gasteiger partial charge >= 0.3 is 0 Å². The van der Waals surface area contributed by atoms with Crippen molar-refractivity contribution >= 4 is 40.0 Å². The van der Waals surface area contributed by atoms with Crippen molar-refractivity contribution in [1.29, 1.82) is 0 Å². The molecule has 0 aliphatic rings. The Kier molecular flexibility index (Phi) is 8.20. The molecule has 1 heterocycles. The molecule has 1 aromatic heterocycles. The van der Waals surface area contributed by atoms with Crippen molar-refractivity contribution in [3.8, 4) is 11.4 Å². The predicted octanol–water partition coefficient (Wildman–Crippen LogP) is 6.63. The molecule has 4 rings (SSSR count). The molecular formula is C29H29Cl2N3O3. The summed E-state index contributed by atoms with van der Waals surface area (Å²) in [5, 5.41) is 1.52. The van der Waals surface area contributed by atoms with E-state index >= 15 is 0 Å². The van der Waals surface area contributed by atoms with Crippen LogP contribution in [0.15, 0.2) is 71.5 Å². The second-order valence-corrected chi connectivity index (χ2v) is 10.3. The number of aromatic nitrogens is 2. The third-order valence-corrected chi connectivity index (χ3v) is 6.54. The molecule has 6 nitrogen and oxygen atoms in total. The fraction of sp³-hybridized carbons (Fsp3) is 0.276. The van der Waals surface area contributed by atoms with E-state index in [0.29, 0.717) is 44.8 Å². The van der Waals surface area contributed by atoms with E-state index < -0.39 is 6.04 Å². The number of rotatable bonds is 8. The van der Waals surface area contributed by atoms with Gasteiger partial charge in [0.1, 0.15) is 11.6 Å². The lowest BCUT2D eigenvalue weighted by atomic mass is 10.1. The van der Waals surface area contributed by atoms with Gasteiger partial charge in [-0.05, 0) is 74.4 Å². The maximum Gasteiger partial charge on any atom is 0.266 e. The van der Waals surface area contributed by atoms with Gasteiger partial charge in [0.15, 0.2) is 6.61 Å². The van der Waals surface area contributed by atoms with Gasteiger partial charge in [0, 0.05) is 16.6 Å². The number of carbonyl (C=O) groups excluding carboxylic acids is 1. The van der Waals surface area contributed by atoms with Gasteiger partial charge in [0.2, 0.25) is 0 Å². The van der Waals surface area contributed by atoms with Crippen LogP contribution in [0.3, 0.4) is 0 Å². The van der Waals surface area contributed by atoms with E-state index in [0.717, 1.165) is 5.56 Å². The van der Waals surface area contributed by atoms with Crippen LogP contribution >= 0.6 is 23.2 Å². The number of ether oxygens (including phenoxy) is 1. The highest BCUT2D eigenvalue weighted by Gasteiger charge is 2.28. The molecule has 1 atom stereocenters. The summed E-state index contributed by atoms with van der Waals surface area (Å²) in [7, 11) is 0. The van der Waals surface area contributed by atoms with Crippen molar-refractivity contribution < 1.29 is 9.53 Å². The number of carbonyl (C=O) groups is 1. The lowest BCUT2D eigenvalue weighted by Crippen LogP contribution is -2.41. The molecule has 0 radical (unpaired) electrons. The second kappa shape index (κ2) is 11.4. The van der Waals surface area contributed by atoms with Crippen LogP contribution in [0, 0.1) is 12.8 Å². The highest BCUT2D eigenvalue weighted by Crippen LogP contribution is 2.26. The number of hydrogen-bond acceptors (Lipinski definition) is 4. The van der Waals surface area contributed by atoms with Crippen LogP contribution in [0.5, 0.6) is 5.75 Å². The summed E-state index contributed by atoms with van der Waals surface area (Å²) in [6.45, 7) is 8.24. The topological polar surface area (TPSA) is 64.4 Å². The number of fused-ring (bicyclic) bond motifs is 1. The zero-order valence-corrected chi connectivity index (χ0v) is 22.8. The van der Waals surface area contributed by atoms with E-state index in [9.17, 15) is 9.59 Å². The number of halogens is 2. The predicted molar refractivity (Wildman–Crippen MR) is 149 cm³/mol. The number of amides is 1. The SMILES string of the molecule is Cc1ccc(-n2c(C(C)N(CC(C)C)C(=O)COc3ccc(Cl)cc3)nc3cc(Cl)ccc3c2=O)cc1. The quantitative estimate of drug-likeness (QED) is 0.253. The van der Waals surface area contributed by atoms with Gasteiger partial charge in [-0.2, -0.15) is 0 Å². The molecule has 8 heteroatoms. The molecule has 1 amide bonds.